The monoisotopic (exact) mass is 299 g/mol. The van der Waals surface area contributed by atoms with Gasteiger partial charge in [-0.2, -0.15) is 11.8 Å². The van der Waals surface area contributed by atoms with Crippen molar-refractivity contribution in [1.82, 2.24) is 4.90 Å². The molecule has 0 amide bonds. The van der Waals surface area contributed by atoms with Crippen molar-refractivity contribution in [2.75, 3.05) is 25.6 Å². The fourth-order valence-corrected chi connectivity index (χ4v) is 2.49. The Balaban J connectivity index is 2.39. The van der Waals surface area contributed by atoms with Crippen LogP contribution in [0.2, 0.25) is 5.02 Å². The van der Waals surface area contributed by atoms with E-state index in [4.69, 9.17) is 11.6 Å². The van der Waals surface area contributed by atoms with Crippen molar-refractivity contribution in [1.29, 1.82) is 0 Å². The number of Topliss-reactive ketones (excluding diaryl/α,β-unsaturated/α-hetero) is 1. The van der Waals surface area contributed by atoms with Gasteiger partial charge in [-0.1, -0.05) is 11.6 Å². The molecule has 1 unspecified atom stereocenters. The van der Waals surface area contributed by atoms with Gasteiger partial charge in [0.15, 0.2) is 5.78 Å². The molecular weight excluding hydrogens is 278 g/mol. The third-order valence-corrected chi connectivity index (χ3v) is 4.25. The molecule has 0 radical (unpaired) electrons. The van der Waals surface area contributed by atoms with Gasteiger partial charge in [-0.3, -0.25) is 4.79 Å². The summed E-state index contributed by atoms with van der Waals surface area (Å²) in [6.07, 6.45) is 3.84. The minimum absolute atomic E-state index is 0.181. The predicted molar refractivity (Wildman–Crippen MR) is 85.5 cm³/mol. The number of benzene rings is 1. The first kappa shape index (κ1) is 16.5. The fourth-order valence-electron chi connectivity index (χ4n) is 1.79. The maximum Gasteiger partial charge on any atom is 0.164 e. The van der Waals surface area contributed by atoms with Gasteiger partial charge in [0.2, 0.25) is 0 Å². The molecular formula is C15H22ClNOS. The van der Waals surface area contributed by atoms with Crippen LogP contribution in [0.5, 0.6) is 0 Å². The Hall–Kier alpha value is -0.510. The lowest BCUT2D eigenvalue weighted by molar-refractivity contribution is 0.0962. The van der Waals surface area contributed by atoms with E-state index in [2.05, 4.69) is 25.1 Å². The Bertz CT molecular complexity index is 394. The van der Waals surface area contributed by atoms with E-state index in [1.54, 1.807) is 24.3 Å². The Morgan fingerprint density at radius 1 is 1.37 bits per heavy atom. The first-order chi connectivity index (χ1) is 9.04. The lowest BCUT2D eigenvalue weighted by Crippen LogP contribution is -2.31. The molecule has 0 aliphatic heterocycles. The maximum absolute atomic E-state index is 12.0. The summed E-state index contributed by atoms with van der Waals surface area (Å²) in [6.45, 7) is 3.01. The molecule has 0 aliphatic carbocycles. The van der Waals surface area contributed by atoms with Crippen molar-refractivity contribution in [3.8, 4) is 0 Å². The highest BCUT2D eigenvalue weighted by atomic mass is 35.5. The Morgan fingerprint density at radius 2 is 2.00 bits per heavy atom. The van der Waals surface area contributed by atoms with Crippen molar-refractivity contribution >= 4 is 29.1 Å². The average molecular weight is 300 g/mol. The third-order valence-electron chi connectivity index (χ3n) is 3.35. The molecule has 0 N–H and O–H groups in total. The van der Waals surface area contributed by atoms with Gasteiger partial charge in [0.1, 0.15) is 0 Å². The number of thioether (sulfide) groups is 1. The predicted octanol–water partition coefficient (Wildman–Crippen LogP) is 3.99. The summed E-state index contributed by atoms with van der Waals surface area (Å²) < 4.78 is 0. The van der Waals surface area contributed by atoms with E-state index in [1.165, 1.54) is 0 Å². The molecule has 1 atom stereocenters. The zero-order valence-electron chi connectivity index (χ0n) is 11.9. The number of halogens is 1. The van der Waals surface area contributed by atoms with Gasteiger partial charge < -0.3 is 4.90 Å². The van der Waals surface area contributed by atoms with E-state index in [0.717, 1.165) is 24.3 Å². The Morgan fingerprint density at radius 3 is 2.58 bits per heavy atom. The minimum atomic E-state index is 0.181. The van der Waals surface area contributed by atoms with Gasteiger partial charge >= 0.3 is 0 Å². The summed E-state index contributed by atoms with van der Waals surface area (Å²) in [5.74, 6) is 1.34. The molecule has 106 valence electrons. The third kappa shape index (κ3) is 5.98. The fraction of sp³-hybridized carbons (Fsp3) is 0.533. The van der Waals surface area contributed by atoms with Crippen LogP contribution >= 0.6 is 23.4 Å². The summed E-state index contributed by atoms with van der Waals surface area (Å²) in [6, 6.07) is 7.63. The standard InChI is InChI=1S/C15H22ClNOS/c1-12(9-11-19-3)17(2)10-8-15(18)13-4-6-14(16)7-5-13/h4-7,12H,8-11H2,1-3H3. The van der Waals surface area contributed by atoms with Gasteiger partial charge in [0.25, 0.3) is 0 Å². The molecule has 0 bridgehead atoms. The molecule has 4 heteroatoms. The zero-order valence-corrected chi connectivity index (χ0v) is 13.4. The molecule has 0 aliphatic rings. The van der Waals surface area contributed by atoms with Crippen molar-refractivity contribution in [2.24, 2.45) is 0 Å². The van der Waals surface area contributed by atoms with Crippen LogP contribution in [0.4, 0.5) is 0 Å². The molecule has 1 rings (SSSR count). The topological polar surface area (TPSA) is 20.3 Å². The average Bonchev–Trinajstić information content (AvgIpc) is 2.42. The van der Waals surface area contributed by atoms with E-state index in [0.29, 0.717) is 17.5 Å². The summed E-state index contributed by atoms with van der Waals surface area (Å²) >= 11 is 7.68. The maximum atomic E-state index is 12.0. The van der Waals surface area contributed by atoms with Crippen molar-refractivity contribution < 1.29 is 4.79 Å². The first-order valence-corrected chi connectivity index (χ1v) is 8.29. The number of hydrogen-bond acceptors (Lipinski definition) is 3. The SMILES string of the molecule is CSCCC(C)N(C)CCC(=O)c1ccc(Cl)cc1. The molecule has 1 aromatic rings. The van der Waals surface area contributed by atoms with Crippen molar-refractivity contribution in [2.45, 2.75) is 25.8 Å². The van der Waals surface area contributed by atoms with E-state index in [-0.39, 0.29) is 5.78 Å². The van der Waals surface area contributed by atoms with E-state index >= 15 is 0 Å². The molecule has 1 aromatic carbocycles. The summed E-state index contributed by atoms with van der Waals surface area (Å²) in [4.78, 5) is 14.3. The van der Waals surface area contributed by atoms with Crippen LogP contribution in [0.3, 0.4) is 0 Å². The van der Waals surface area contributed by atoms with Crippen LogP contribution < -0.4 is 0 Å². The molecule has 0 aromatic heterocycles. The Kier molecular flexibility index (Phi) is 7.51. The molecule has 0 heterocycles. The molecule has 0 saturated heterocycles. The number of rotatable bonds is 8. The smallest absolute Gasteiger partial charge is 0.164 e. The highest BCUT2D eigenvalue weighted by molar-refractivity contribution is 7.98. The minimum Gasteiger partial charge on any atom is -0.303 e. The highest BCUT2D eigenvalue weighted by Crippen LogP contribution is 2.12. The second-order valence-electron chi connectivity index (χ2n) is 4.79. The van der Waals surface area contributed by atoms with E-state index < -0.39 is 0 Å². The highest BCUT2D eigenvalue weighted by Gasteiger charge is 2.11. The summed E-state index contributed by atoms with van der Waals surface area (Å²) in [7, 11) is 2.08. The lowest BCUT2D eigenvalue weighted by atomic mass is 10.1. The van der Waals surface area contributed by atoms with E-state index in [9.17, 15) is 4.79 Å². The summed E-state index contributed by atoms with van der Waals surface area (Å²) in [5, 5.41) is 0.666. The quantitative estimate of drug-likeness (QED) is 0.677. The van der Waals surface area contributed by atoms with Crippen LogP contribution in [0.25, 0.3) is 0 Å². The number of hydrogen-bond donors (Lipinski definition) is 0. The summed E-state index contributed by atoms with van der Waals surface area (Å²) in [5.41, 5.74) is 0.745. The van der Waals surface area contributed by atoms with Crippen LogP contribution in [-0.4, -0.2) is 42.3 Å². The van der Waals surface area contributed by atoms with Gasteiger partial charge in [-0.25, -0.2) is 0 Å². The Labute approximate surface area is 125 Å². The molecule has 19 heavy (non-hydrogen) atoms. The second-order valence-corrected chi connectivity index (χ2v) is 6.21. The number of nitrogens with zero attached hydrogens (tertiary/aromatic N) is 1. The van der Waals surface area contributed by atoms with Crippen LogP contribution in [-0.2, 0) is 0 Å². The van der Waals surface area contributed by atoms with E-state index in [1.807, 2.05) is 11.8 Å². The zero-order chi connectivity index (χ0) is 14.3. The first-order valence-electron chi connectivity index (χ1n) is 6.52. The molecule has 0 fully saturated rings. The number of carbonyl (C=O) groups is 1. The number of ketones is 1. The number of carbonyl (C=O) groups excluding carboxylic acids is 1. The van der Waals surface area contributed by atoms with Gasteiger partial charge in [0.05, 0.1) is 0 Å². The van der Waals surface area contributed by atoms with Crippen LogP contribution in [0, 0.1) is 0 Å². The van der Waals surface area contributed by atoms with Crippen LogP contribution in [0.15, 0.2) is 24.3 Å². The molecule has 0 spiro atoms. The lowest BCUT2D eigenvalue weighted by Gasteiger charge is -2.24. The normalized spacial score (nSPS) is 12.7. The van der Waals surface area contributed by atoms with Gasteiger partial charge in [-0.05, 0) is 56.7 Å². The molecule has 0 saturated carbocycles. The van der Waals surface area contributed by atoms with Crippen molar-refractivity contribution in [3.63, 3.8) is 0 Å². The van der Waals surface area contributed by atoms with Gasteiger partial charge in [0, 0.05) is 29.6 Å². The van der Waals surface area contributed by atoms with Gasteiger partial charge in [-0.15, -0.1) is 0 Å². The van der Waals surface area contributed by atoms with Crippen LogP contribution in [0.1, 0.15) is 30.1 Å². The second kappa shape index (κ2) is 8.62. The largest absolute Gasteiger partial charge is 0.303 e. The molecule has 2 nitrogen and oxygen atoms in total. The van der Waals surface area contributed by atoms with Crippen molar-refractivity contribution in [3.05, 3.63) is 34.9 Å².